The zero-order valence-electron chi connectivity index (χ0n) is 14.4. The molecule has 1 aromatic heterocycles. The highest BCUT2D eigenvalue weighted by Gasteiger charge is 2.23. The van der Waals surface area contributed by atoms with Crippen LogP contribution in [0.4, 0.5) is 0 Å². The summed E-state index contributed by atoms with van der Waals surface area (Å²) in [6.45, 7) is 4.29. The Morgan fingerprint density at radius 3 is 2.44 bits per heavy atom. The summed E-state index contributed by atoms with van der Waals surface area (Å²) in [5, 5.41) is 11.0. The van der Waals surface area contributed by atoms with E-state index in [1.807, 2.05) is 61.5 Å². The monoisotopic (exact) mass is 335 g/mol. The predicted octanol–water partition coefficient (Wildman–Crippen LogP) is 3.52. The summed E-state index contributed by atoms with van der Waals surface area (Å²) in [7, 11) is 0. The standard InChI is InChI=1S/C20H21N3O2/c1-14-8-6-7-11-17(14)13-21-19(24)12-18(16-9-4-3-5-10-16)20-23-22-15(2)25-20/h3-11,18H,12-13H2,1-2H3,(H,21,24). The van der Waals surface area contributed by atoms with E-state index in [1.165, 1.54) is 0 Å². The Bertz CT molecular complexity index is 843. The lowest BCUT2D eigenvalue weighted by Crippen LogP contribution is -2.25. The van der Waals surface area contributed by atoms with Gasteiger partial charge in [-0.2, -0.15) is 0 Å². The molecule has 1 N–H and O–H groups in total. The number of benzene rings is 2. The maximum absolute atomic E-state index is 12.5. The molecule has 0 bridgehead atoms. The molecular weight excluding hydrogens is 314 g/mol. The van der Waals surface area contributed by atoms with Crippen LogP contribution < -0.4 is 5.32 Å². The molecule has 1 unspecified atom stereocenters. The first-order chi connectivity index (χ1) is 12.1. The van der Waals surface area contributed by atoms with Crippen LogP contribution in [0.15, 0.2) is 59.0 Å². The number of nitrogens with zero attached hydrogens (tertiary/aromatic N) is 2. The van der Waals surface area contributed by atoms with Gasteiger partial charge in [-0.05, 0) is 23.6 Å². The van der Waals surface area contributed by atoms with E-state index in [9.17, 15) is 4.79 Å². The van der Waals surface area contributed by atoms with Crippen LogP contribution in [-0.2, 0) is 11.3 Å². The summed E-state index contributed by atoms with van der Waals surface area (Å²) in [4.78, 5) is 12.5. The number of rotatable bonds is 6. The van der Waals surface area contributed by atoms with Gasteiger partial charge >= 0.3 is 0 Å². The van der Waals surface area contributed by atoms with Gasteiger partial charge < -0.3 is 9.73 Å². The van der Waals surface area contributed by atoms with Gasteiger partial charge in [-0.1, -0.05) is 54.6 Å². The highest BCUT2D eigenvalue weighted by Crippen LogP contribution is 2.27. The van der Waals surface area contributed by atoms with Crippen LogP contribution in [0.1, 0.15) is 40.8 Å². The van der Waals surface area contributed by atoms with E-state index >= 15 is 0 Å². The first-order valence-corrected chi connectivity index (χ1v) is 8.29. The molecule has 3 aromatic rings. The van der Waals surface area contributed by atoms with Crippen molar-refractivity contribution in [3.05, 3.63) is 83.1 Å². The van der Waals surface area contributed by atoms with Crippen LogP contribution in [0, 0.1) is 13.8 Å². The second kappa shape index (κ2) is 7.75. The summed E-state index contributed by atoms with van der Waals surface area (Å²) in [6.07, 6.45) is 0.261. The van der Waals surface area contributed by atoms with Crippen LogP contribution in [0.3, 0.4) is 0 Å². The van der Waals surface area contributed by atoms with Crippen molar-refractivity contribution in [2.45, 2.75) is 32.7 Å². The molecule has 0 aliphatic heterocycles. The Kier molecular flexibility index (Phi) is 5.23. The zero-order chi connectivity index (χ0) is 17.6. The third kappa shape index (κ3) is 4.32. The van der Waals surface area contributed by atoms with Crippen LogP contribution in [-0.4, -0.2) is 16.1 Å². The molecule has 1 heterocycles. The Morgan fingerprint density at radius 2 is 1.76 bits per heavy atom. The molecular formula is C20H21N3O2. The number of carbonyl (C=O) groups is 1. The average Bonchev–Trinajstić information content (AvgIpc) is 3.06. The lowest BCUT2D eigenvalue weighted by Gasteiger charge is -2.14. The minimum atomic E-state index is -0.251. The normalized spacial score (nSPS) is 11.9. The molecule has 25 heavy (non-hydrogen) atoms. The molecule has 1 atom stereocenters. The molecule has 5 nitrogen and oxygen atoms in total. The molecule has 2 aromatic carbocycles. The summed E-state index contributed by atoms with van der Waals surface area (Å²) < 4.78 is 5.58. The maximum Gasteiger partial charge on any atom is 0.224 e. The van der Waals surface area contributed by atoms with Gasteiger partial charge in [-0.15, -0.1) is 10.2 Å². The fourth-order valence-electron chi connectivity index (χ4n) is 2.75. The van der Waals surface area contributed by atoms with Crippen molar-refractivity contribution in [1.29, 1.82) is 0 Å². The third-order valence-corrected chi connectivity index (χ3v) is 4.17. The molecule has 0 radical (unpaired) electrons. The van der Waals surface area contributed by atoms with Crippen LogP contribution in [0.2, 0.25) is 0 Å². The van der Waals surface area contributed by atoms with Crippen molar-refractivity contribution in [2.24, 2.45) is 0 Å². The molecule has 0 spiro atoms. The topological polar surface area (TPSA) is 68.0 Å². The lowest BCUT2D eigenvalue weighted by atomic mass is 9.95. The van der Waals surface area contributed by atoms with E-state index in [-0.39, 0.29) is 18.2 Å². The van der Waals surface area contributed by atoms with Gasteiger partial charge in [0.1, 0.15) is 0 Å². The SMILES string of the molecule is Cc1nnc(C(CC(=O)NCc2ccccc2C)c2ccccc2)o1. The number of carbonyl (C=O) groups excluding carboxylic acids is 1. The van der Waals surface area contributed by atoms with E-state index < -0.39 is 0 Å². The maximum atomic E-state index is 12.5. The van der Waals surface area contributed by atoms with E-state index in [4.69, 9.17) is 4.42 Å². The largest absolute Gasteiger partial charge is 0.425 e. The first-order valence-electron chi connectivity index (χ1n) is 8.29. The Balaban J connectivity index is 1.72. The lowest BCUT2D eigenvalue weighted by molar-refractivity contribution is -0.121. The van der Waals surface area contributed by atoms with Crippen molar-refractivity contribution >= 4 is 5.91 Å². The number of amides is 1. The van der Waals surface area contributed by atoms with Gasteiger partial charge in [-0.25, -0.2) is 0 Å². The number of hydrogen-bond acceptors (Lipinski definition) is 4. The molecule has 5 heteroatoms. The first kappa shape index (κ1) is 16.9. The summed E-state index contributed by atoms with van der Waals surface area (Å²) >= 11 is 0. The van der Waals surface area contributed by atoms with E-state index in [0.29, 0.717) is 18.3 Å². The minimum Gasteiger partial charge on any atom is -0.425 e. The fraction of sp³-hybridized carbons (Fsp3) is 0.250. The van der Waals surface area contributed by atoms with Gasteiger partial charge in [0.05, 0.1) is 5.92 Å². The third-order valence-electron chi connectivity index (χ3n) is 4.17. The molecule has 0 aliphatic rings. The highest BCUT2D eigenvalue weighted by molar-refractivity contribution is 5.77. The van der Waals surface area contributed by atoms with Crippen molar-refractivity contribution in [2.75, 3.05) is 0 Å². The fourth-order valence-corrected chi connectivity index (χ4v) is 2.75. The summed E-state index contributed by atoms with van der Waals surface area (Å²) in [6, 6.07) is 17.8. The zero-order valence-corrected chi connectivity index (χ0v) is 14.4. The van der Waals surface area contributed by atoms with Gasteiger partial charge in [0.25, 0.3) is 0 Å². The van der Waals surface area contributed by atoms with E-state index in [2.05, 4.69) is 15.5 Å². The number of nitrogens with one attached hydrogen (secondary N) is 1. The smallest absolute Gasteiger partial charge is 0.224 e. The van der Waals surface area contributed by atoms with Gasteiger partial charge in [-0.3, -0.25) is 4.79 Å². The molecule has 1 amide bonds. The number of aryl methyl sites for hydroxylation is 2. The predicted molar refractivity (Wildman–Crippen MR) is 95.0 cm³/mol. The molecule has 0 saturated heterocycles. The molecule has 0 fully saturated rings. The second-order valence-corrected chi connectivity index (χ2v) is 6.03. The van der Waals surface area contributed by atoms with E-state index in [0.717, 1.165) is 16.7 Å². The van der Waals surface area contributed by atoms with Gasteiger partial charge in [0.15, 0.2) is 0 Å². The molecule has 128 valence electrons. The molecule has 3 rings (SSSR count). The highest BCUT2D eigenvalue weighted by atomic mass is 16.4. The van der Waals surface area contributed by atoms with Crippen LogP contribution in [0.25, 0.3) is 0 Å². The number of hydrogen-bond donors (Lipinski definition) is 1. The Labute approximate surface area is 147 Å². The summed E-state index contributed by atoms with van der Waals surface area (Å²) in [5.41, 5.74) is 3.26. The minimum absolute atomic E-state index is 0.0482. The second-order valence-electron chi connectivity index (χ2n) is 6.03. The number of aromatic nitrogens is 2. The van der Waals surface area contributed by atoms with Crippen molar-refractivity contribution in [3.8, 4) is 0 Å². The molecule has 0 aliphatic carbocycles. The van der Waals surface area contributed by atoms with Crippen molar-refractivity contribution in [3.63, 3.8) is 0 Å². The van der Waals surface area contributed by atoms with Crippen molar-refractivity contribution in [1.82, 2.24) is 15.5 Å². The molecule has 0 saturated carbocycles. The van der Waals surface area contributed by atoms with Gasteiger partial charge in [0, 0.05) is 19.9 Å². The summed E-state index contributed by atoms with van der Waals surface area (Å²) in [5.74, 6) is 0.665. The van der Waals surface area contributed by atoms with Crippen LogP contribution >= 0.6 is 0 Å². The van der Waals surface area contributed by atoms with Crippen molar-refractivity contribution < 1.29 is 9.21 Å². The Morgan fingerprint density at radius 1 is 1.04 bits per heavy atom. The van der Waals surface area contributed by atoms with E-state index in [1.54, 1.807) is 6.92 Å². The Hall–Kier alpha value is -2.95. The average molecular weight is 335 g/mol. The van der Waals surface area contributed by atoms with Crippen LogP contribution in [0.5, 0.6) is 0 Å². The quantitative estimate of drug-likeness (QED) is 0.748. The van der Waals surface area contributed by atoms with Gasteiger partial charge in [0.2, 0.25) is 17.7 Å².